The van der Waals surface area contributed by atoms with E-state index < -0.39 is 0 Å². The minimum absolute atomic E-state index is 0.211. The number of aryl methyl sites for hydroxylation is 1. The van der Waals surface area contributed by atoms with Crippen LogP contribution in [0.1, 0.15) is 47.6 Å². The number of nitrogens with one attached hydrogen (secondary N) is 1. The summed E-state index contributed by atoms with van der Waals surface area (Å²) in [6.07, 6.45) is 14.1. The third-order valence-electron chi connectivity index (χ3n) is 9.84. The summed E-state index contributed by atoms with van der Waals surface area (Å²) < 4.78 is 0. The van der Waals surface area contributed by atoms with E-state index in [1.54, 1.807) is 6.20 Å². The molecule has 0 saturated heterocycles. The van der Waals surface area contributed by atoms with Gasteiger partial charge in [-0.3, -0.25) is 9.98 Å². The maximum absolute atomic E-state index is 9.28. The van der Waals surface area contributed by atoms with Gasteiger partial charge < -0.3 is 5.41 Å². The van der Waals surface area contributed by atoms with Crippen LogP contribution in [0.3, 0.4) is 0 Å². The van der Waals surface area contributed by atoms with Crippen LogP contribution < -0.4 is 0 Å². The van der Waals surface area contributed by atoms with Crippen molar-refractivity contribution in [1.82, 2.24) is 4.98 Å². The summed E-state index contributed by atoms with van der Waals surface area (Å²) in [4.78, 5) is 9.55. The second-order valence-corrected chi connectivity index (χ2v) is 13.2. The van der Waals surface area contributed by atoms with Gasteiger partial charge in [0.05, 0.1) is 11.4 Å². The Bertz CT molecular complexity index is 2300. The van der Waals surface area contributed by atoms with Gasteiger partial charge in [0.25, 0.3) is 0 Å². The Kier molecular flexibility index (Phi) is 9.63. The summed E-state index contributed by atoms with van der Waals surface area (Å²) >= 11 is 0. The average Bonchev–Trinajstić information content (AvgIpc) is 3.18. The van der Waals surface area contributed by atoms with E-state index in [0.29, 0.717) is 11.4 Å². The van der Waals surface area contributed by atoms with E-state index >= 15 is 0 Å². The highest BCUT2D eigenvalue weighted by molar-refractivity contribution is 6.15. The Morgan fingerprint density at radius 2 is 1.47 bits per heavy atom. The van der Waals surface area contributed by atoms with Gasteiger partial charge in [0.15, 0.2) is 0 Å². The lowest BCUT2D eigenvalue weighted by Crippen LogP contribution is -2.12. The number of hydrogen-bond donors (Lipinski definition) is 1. The van der Waals surface area contributed by atoms with Crippen LogP contribution in [0.5, 0.6) is 0 Å². The number of rotatable bonds is 9. The molecule has 1 aliphatic carbocycles. The Morgan fingerprint density at radius 3 is 2.10 bits per heavy atom. The quantitative estimate of drug-likeness (QED) is 0.154. The zero-order valence-corrected chi connectivity index (χ0v) is 29.3. The molecule has 1 aromatic heterocycles. The van der Waals surface area contributed by atoms with Crippen LogP contribution in [0.25, 0.3) is 44.8 Å². The fraction of sp³-hybridized carbons (Fsp3) is 0.104. The predicted octanol–water partition coefficient (Wildman–Crippen LogP) is 12.3. The first kappa shape index (κ1) is 33.3. The van der Waals surface area contributed by atoms with Crippen molar-refractivity contribution in [1.29, 1.82) is 5.41 Å². The highest BCUT2D eigenvalue weighted by Gasteiger charge is 2.22. The SMILES string of the molecule is C=Cc1c(C(=N)/C=C(\N=C(/C)C2=CC(C)C(c3cc(-c4ccccc4)cc(-c4ccccc4)c3)C=C2)c2cccnc2)cc2ccccc2c1C. The highest BCUT2D eigenvalue weighted by atomic mass is 14.8. The number of hydrogen-bond acceptors (Lipinski definition) is 3. The first-order valence-corrected chi connectivity index (χ1v) is 17.5. The molecule has 1 N–H and O–H groups in total. The van der Waals surface area contributed by atoms with Gasteiger partial charge >= 0.3 is 0 Å². The van der Waals surface area contributed by atoms with Crippen LogP contribution in [-0.4, -0.2) is 16.4 Å². The van der Waals surface area contributed by atoms with Crippen LogP contribution in [-0.2, 0) is 0 Å². The van der Waals surface area contributed by atoms with E-state index in [-0.39, 0.29) is 11.8 Å². The number of fused-ring (bicyclic) bond motifs is 1. The average molecular weight is 660 g/mol. The summed E-state index contributed by atoms with van der Waals surface area (Å²) in [5.41, 5.74) is 13.0. The molecule has 2 atom stereocenters. The Labute approximate surface area is 301 Å². The predicted molar refractivity (Wildman–Crippen MR) is 217 cm³/mol. The standard InChI is InChI=1S/C48H41N3/c1-5-43-33(3)45-21-13-12-19-38(45)29-46(43)47(49)30-48(39-20-14-24-50-31-39)51-34(4)37-22-23-44(32(2)25-37)42-27-40(35-15-8-6-9-16-35)26-41(28-42)36-17-10-7-11-18-36/h5-32,44,49H,1H2,2-4H3/b48-30-,49-47?,51-34+. The van der Waals surface area contributed by atoms with Crippen LogP contribution in [0.4, 0.5) is 0 Å². The summed E-state index contributed by atoms with van der Waals surface area (Å²) in [6, 6.07) is 42.5. The normalized spacial score (nSPS) is 16.2. The summed E-state index contributed by atoms with van der Waals surface area (Å²) in [5.74, 6) is 0.451. The van der Waals surface area contributed by atoms with Gasteiger partial charge in [-0.25, -0.2) is 0 Å². The van der Waals surface area contributed by atoms with Gasteiger partial charge in [0.1, 0.15) is 0 Å². The van der Waals surface area contributed by atoms with Crippen molar-refractivity contribution >= 4 is 34.0 Å². The van der Waals surface area contributed by atoms with Gasteiger partial charge in [-0.1, -0.05) is 135 Å². The van der Waals surface area contributed by atoms with Crippen LogP contribution in [0, 0.1) is 18.3 Å². The molecule has 248 valence electrons. The number of benzene rings is 5. The second kappa shape index (κ2) is 14.7. The molecule has 6 aromatic rings. The molecule has 0 radical (unpaired) electrons. The van der Waals surface area contributed by atoms with Gasteiger partial charge in [-0.2, -0.15) is 0 Å². The summed E-state index contributed by atoms with van der Waals surface area (Å²) in [7, 11) is 0. The first-order valence-electron chi connectivity index (χ1n) is 17.5. The molecule has 51 heavy (non-hydrogen) atoms. The van der Waals surface area contributed by atoms with Gasteiger partial charge in [-0.15, -0.1) is 0 Å². The molecule has 0 aliphatic heterocycles. The lowest BCUT2D eigenvalue weighted by Gasteiger charge is -2.25. The third kappa shape index (κ3) is 7.11. The fourth-order valence-corrected chi connectivity index (χ4v) is 7.10. The zero-order chi connectivity index (χ0) is 35.3. The number of nitrogens with zero attached hydrogens (tertiary/aromatic N) is 2. The Hall–Kier alpha value is -6.19. The Balaban J connectivity index is 1.23. The Morgan fingerprint density at radius 1 is 0.804 bits per heavy atom. The molecule has 1 heterocycles. The molecular weight excluding hydrogens is 619 g/mol. The molecule has 0 fully saturated rings. The largest absolute Gasteiger partial charge is 0.300 e. The van der Waals surface area contributed by atoms with Crippen LogP contribution in [0.15, 0.2) is 175 Å². The lowest BCUT2D eigenvalue weighted by atomic mass is 9.80. The van der Waals surface area contributed by atoms with E-state index in [2.05, 4.69) is 148 Å². The number of pyridine rings is 1. The topological polar surface area (TPSA) is 49.1 Å². The van der Waals surface area contributed by atoms with Crippen molar-refractivity contribution in [2.75, 3.05) is 0 Å². The molecule has 2 unspecified atom stereocenters. The monoisotopic (exact) mass is 659 g/mol. The molecule has 0 amide bonds. The smallest absolute Gasteiger partial charge is 0.0742 e. The molecule has 7 rings (SSSR count). The van der Waals surface area contributed by atoms with E-state index in [4.69, 9.17) is 4.99 Å². The van der Waals surface area contributed by atoms with Crippen molar-refractivity contribution in [3.05, 3.63) is 198 Å². The third-order valence-corrected chi connectivity index (χ3v) is 9.84. The maximum atomic E-state index is 9.28. The number of allylic oxidation sites excluding steroid dienone is 5. The van der Waals surface area contributed by atoms with Crippen molar-refractivity contribution in [2.45, 2.75) is 26.7 Å². The lowest BCUT2D eigenvalue weighted by molar-refractivity contribution is 0.633. The molecule has 1 aliphatic rings. The van der Waals surface area contributed by atoms with E-state index in [1.165, 1.54) is 33.2 Å². The number of aromatic nitrogens is 1. The van der Waals surface area contributed by atoms with Crippen molar-refractivity contribution in [2.24, 2.45) is 10.9 Å². The summed E-state index contributed by atoms with van der Waals surface area (Å²) in [6.45, 7) is 10.5. The molecule has 0 saturated carbocycles. The van der Waals surface area contributed by atoms with Crippen molar-refractivity contribution in [3.8, 4) is 22.3 Å². The second-order valence-electron chi connectivity index (χ2n) is 13.2. The molecule has 3 nitrogen and oxygen atoms in total. The maximum Gasteiger partial charge on any atom is 0.0742 e. The molecule has 5 aromatic carbocycles. The fourth-order valence-electron chi connectivity index (χ4n) is 7.10. The van der Waals surface area contributed by atoms with Crippen molar-refractivity contribution in [3.63, 3.8) is 0 Å². The van der Waals surface area contributed by atoms with Crippen molar-refractivity contribution < 1.29 is 0 Å². The van der Waals surface area contributed by atoms with Crippen LogP contribution >= 0.6 is 0 Å². The van der Waals surface area contributed by atoms with E-state index in [9.17, 15) is 5.41 Å². The van der Waals surface area contributed by atoms with Gasteiger partial charge in [0.2, 0.25) is 0 Å². The van der Waals surface area contributed by atoms with Gasteiger partial charge in [0, 0.05) is 35.2 Å². The first-order chi connectivity index (χ1) is 24.9. The molecule has 0 spiro atoms. The summed E-state index contributed by atoms with van der Waals surface area (Å²) in [5, 5.41) is 11.6. The highest BCUT2D eigenvalue weighted by Crippen LogP contribution is 2.38. The van der Waals surface area contributed by atoms with E-state index in [1.807, 2.05) is 42.6 Å². The zero-order valence-electron chi connectivity index (χ0n) is 29.3. The minimum atomic E-state index is 0.211. The minimum Gasteiger partial charge on any atom is -0.300 e. The van der Waals surface area contributed by atoms with Crippen LogP contribution in [0.2, 0.25) is 0 Å². The molecule has 0 bridgehead atoms. The van der Waals surface area contributed by atoms with E-state index in [0.717, 1.165) is 38.9 Å². The number of aliphatic imine (C=N–C) groups is 1. The molecule has 3 heteroatoms. The van der Waals surface area contributed by atoms with Gasteiger partial charge in [-0.05, 0) is 105 Å². The molecular formula is C48H41N3.